The smallest absolute Gasteiger partial charge is 0.251 e. The molecule has 0 saturated carbocycles. The Balaban J connectivity index is 1.64. The maximum atomic E-state index is 13.0. The van der Waals surface area contributed by atoms with Crippen molar-refractivity contribution in [1.82, 2.24) is 19.0 Å². The molecule has 0 spiro atoms. The van der Waals surface area contributed by atoms with Crippen LogP contribution in [-0.4, -0.2) is 19.6 Å². The van der Waals surface area contributed by atoms with Crippen LogP contribution in [0, 0.1) is 5.41 Å². The average Bonchev–Trinajstić information content (AvgIpc) is 3.34. The molecule has 2 heterocycles. The highest BCUT2D eigenvalue weighted by molar-refractivity contribution is 6.42. The number of nitrogens with zero attached hydrogens (tertiary/aromatic N) is 3. The molecule has 4 rings (SSSR count). The van der Waals surface area contributed by atoms with Crippen molar-refractivity contribution < 1.29 is 4.79 Å². The van der Waals surface area contributed by atoms with E-state index in [2.05, 4.69) is 11.4 Å². The predicted molar refractivity (Wildman–Crippen MR) is 127 cm³/mol. The van der Waals surface area contributed by atoms with Gasteiger partial charge in [0.1, 0.15) is 0 Å². The third-order valence-corrected chi connectivity index (χ3v) is 6.10. The van der Waals surface area contributed by atoms with Gasteiger partial charge in [-0.25, -0.2) is 0 Å². The summed E-state index contributed by atoms with van der Waals surface area (Å²) >= 11 is 12.1. The van der Waals surface area contributed by atoms with Crippen LogP contribution in [0.5, 0.6) is 0 Å². The summed E-state index contributed by atoms with van der Waals surface area (Å²) in [6.45, 7) is 0.828. The highest BCUT2D eigenvalue weighted by Crippen LogP contribution is 2.24. The quantitative estimate of drug-likeness (QED) is 0.427. The Kier molecular flexibility index (Phi) is 6.26. The molecule has 0 fully saturated rings. The number of aryl methyl sites for hydroxylation is 2. The molecule has 4 aromatic rings. The number of imidazole rings is 1. The average molecular weight is 468 g/mol. The first-order chi connectivity index (χ1) is 15.3. The molecule has 32 heavy (non-hydrogen) atoms. The molecule has 2 aromatic heterocycles. The van der Waals surface area contributed by atoms with Crippen molar-refractivity contribution >= 4 is 29.1 Å². The van der Waals surface area contributed by atoms with E-state index in [4.69, 9.17) is 28.6 Å². The van der Waals surface area contributed by atoms with E-state index in [1.165, 1.54) is 0 Å². The normalized spacial score (nSPS) is 11.0. The van der Waals surface area contributed by atoms with E-state index in [-0.39, 0.29) is 5.91 Å². The maximum absolute atomic E-state index is 13.0. The van der Waals surface area contributed by atoms with Crippen LogP contribution in [0.4, 0.5) is 0 Å². The number of carbonyl (C=O) groups excluding carboxylic acids is 1. The molecular weight excluding hydrogens is 445 g/mol. The number of carbonyl (C=O) groups is 1. The summed E-state index contributed by atoms with van der Waals surface area (Å²) in [4.78, 5) is 13.0. The molecule has 2 N–H and O–H groups in total. The molecule has 0 aliphatic rings. The largest absolute Gasteiger partial charge is 0.351 e. The van der Waals surface area contributed by atoms with Gasteiger partial charge in [0, 0.05) is 50.5 Å². The fourth-order valence-corrected chi connectivity index (χ4v) is 3.93. The lowest BCUT2D eigenvalue weighted by Crippen LogP contribution is -2.24. The van der Waals surface area contributed by atoms with Crippen molar-refractivity contribution in [3.05, 3.63) is 99.5 Å². The van der Waals surface area contributed by atoms with Crippen molar-refractivity contribution in [3.8, 4) is 11.3 Å². The summed E-state index contributed by atoms with van der Waals surface area (Å²) in [7, 11) is 3.81. The zero-order valence-electron chi connectivity index (χ0n) is 17.8. The maximum Gasteiger partial charge on any atom is 0.251 e. The van der Waals surface area contributed by atoms with E-state index in [1.807, 2.05) is 72.2 Å². The number of hydrogen-bond donors (Lipinski definition) is 2. The fourth-order valence-electron chi connectivity index (χ4n) is 3.61. The molecule has 1 amide bonds. The Morgan fingerprint density at radius 3 is 2.41 bits per heavy atom. The highest BCUT2D eigenvalue weighted by atomic mass is 35.5. The lowest BCUT2D eigenvalue weighted by Gasteiger charge is -2.12. The molecule has 0 saturated heterocycles. The number of benzene rings is 2. The van der Waals surface area contributed by atoms with Crippen LogP contribution in [0.1, 0.15) is 21.5 Å². The number of halogens is 2. The summed E-state index contributed by atoms with van der Waals surface area (Å²) in [6, 6.07) is 15.1. The van der Waals surface area contributed by atoms with Crippen molar-refractivity contribution in [2.24, 2.45) is 14.1 Å². The number of nitrogens with one attached hydrogen (secondary N) is 2. The summed E-state index contributed by atoms with van der Waals surface area (Å²) in [5, 5.41) is 12.1. The minimum absolute atomic E-state index is 0.183. The topological polar surface area (TPSA) is 67.7 Å². The van der Waals surface area contributed by atoms with Gasteiger partial charge in [0.05, 0.1) is 16.6 Å². The molecular formula is C24H23Cl2N5O. The SMILES string of the molecule is Cn1cccc1-c1cc(Cn2ccn(C)c2=N)cc(C(=O)NCc2ccc(Cl)c(Cl)c2)c1. The molecule has 2 aromatic carbocycles. The number of aromatic nitrogens is 3. The first-order valence-corrected chi connectivity index (χ1v) is 10.8. The first kappa shape index (κ1) is 22.0. The molecule has 0 aliphatic carbocycles. The second-order valence-corrected chi connectivity index (χ2v) is 8.53. The Morgan fingerprint density at radius 1 is 0.938 bits per heavy atom. The minimum atomic E-state index is -0.183. The van der Waals surface area contributed by atoms with Gasteiger partial charge in [-0.2, -0.15) is 0 Å². The van der Waals surface area contributed by atoms with E-state index in [0.717, 1.165) is 22.4 Å². The second-order valence-electron chi connectivity index (χ2n) is 7.71. The van der Waals surface area contributed by atoms with E-state index in [9.17, 15) is 4.79 Å². The van der Waals surface area contributed by atoms with Gasteiger partial charge in [-0.05, 0) is 59.2 Å². The van der Waals surface area contributed by atoms with Crippen molar-refractivity contribution in [1.29, 1.82) is 5.41 Å². The lowest BCUT2D eigenvalue weighted by atomic mass is 10.0. The zero-order chi connectivity index (χ0) is 22.8. The molecule has 0 radical (unpaired) electrons. The fraction of sp³-hybridized carbons (Fsp3) is 0.167. The summed E-state index contributed by atoms with van der Waals surface area (Å²) in [6.07, 6.45) is 5.68. The Morgan fingerprint density at radius 2 is 1.75 bits per heavy atom. The standard InChI is InChI=1S/C24H23Cl2N5O/c1-29-7-3-4-22(29)18-10-17(15-31-9-8-30(2)24(31)27)11-19(13-18)23(32)28-14-16-5-6-20(25)21(26)12-16/h3-13,27H,14-15H2,1-2H3,(H,28,32). The van der Waals surface area contributed by atoms with E-state index in [0.29, 0.717) is 34.3 Å². The third kappa shape index (κ3) is 4.66. The van der Waals surface area contributed by atoms with Crippen LogP contribution in [0.3, 0.4) is 0 Å². The van der Waals surface area contributed by atoms with E-state index in [1.54, 1.807) is 16.7 Å². The molecule has 6 nitrogen and oxygen atoms in total. The first-order valence-electron chi connectivity index (χ1n) is 10.1. The van der Waals surface area contributed by atoms with Gasteiger partial charge in [0.2, 0.25) is 5.62 Å². The van der Waals surface area contributed by atoms with Crippen LogP contribution in [0.2, 0.25) is 10.0 Å². The van der Waals surface area contributed by atoms with Crippen LogP contribution >= 0.6 is 23.2 Å². The number of rotatable bonds is 6. The second kappa shape index (κ2) is 9.10. The summed E-state index contributed by atoms with van der Waals surface area (Å²) < 4.78 is 5.59. The van der Waals surface area contributed by atoms with Crippen LogP contribution in [0.25, 0.3) is 11.3 Å². The summed E-state index contributed by atoms with van der Waals surface area (Å²) in [5.74, 6) is -0.183. The van der Waals surface area contributed by atoms with Gasteiger partial charge in [-0.15, -0.1) is 0 Å². The summed E-state index contributed by atoms with van der Waals surface area (Å²) in [5.41, 5.74) is 4.70. The van der Waals surface area contributed by atoms with Crippen LogP contribution < -0.4 is 10.9 Å². The van der Waals surface area contributed by atoms with Crippen molar-refractivity contribution in [3.63, 3.8) is 0 Å². The number of hydrogen-bond acceptors (Lipinski definition) is 2. The number of amides is 1. The molecule has 8 heteroatoms. The molecule has 0 aliphatic heterocycles. The molecule has 164 valence electrons. The lowest BCUT2D eigenvalue weighted by molar-refractivity contribution is 0.0951. The Bertz CT molecular complexity index is 1350. The Hall–Kier alpha value is -3.22. The third-order valence-electron chi connectivity index (χ3n) is 5.36. The highest BCUT2D eigenvalue weighted by Gasteiger charge is 2.13. The van der Waals surface area contributed by atoms with Gasteiger partial charge in [0.25, 0.3) is 5.91 Å². The van der Waals surface area contributed by atoms with E-state index >= 15 is 0 Å². The van der Waals surface area contributed by atoms with Gasteiger partial charge < -0.3 is 19.0 Å². The monoisotopic (exact) mass is 467 g/mol. The van der Waals surface area contributed by atoms with Gasteiger partial charge in [-0.3, -0.25) is 10.2 Å². The molecule has 0 bridgehead atoms. The van der Waals surface area contributed by atoms with Crippen molar-refractivity contribution in [2.75, 3.05) is 0 Å². The predicted octanol–water partition coefficient (Wildman–Crippen LogP) is 4.60. The van der Waals surface area contributed by atoms with Crippen molar-refractivity contribution in [2.45, 2.75) is 13.1 Å². The van der Waals surface area contributed by atoms with Gasteiger partial charge in [-0.1, -0.05) is 29.3 Å². The zero-order valence-corrected chi connectivity index (χ0v) is 19.3. The molecule has 0 atom stereocenters. The molecule has 0 unspecified atom stereocenters. The van der Waals surface area contributed by atoms with E-state index < -0.39 is 0 Å². The van der Waals surface area contributed by atoms with Crippen LogP contribution in [-0.2, 0) is 27.2 Å². The Labute approximate surface area is 196 Å². The van der Waals surface area contributed by atoms with Gasteiger partial charge >= 0.3 is 0 Å². The van der Waals surface area contributed by atoms with Gasteiger partial charge in [0.15, 0.2) is 0 Å². The minimum Gasteiger partial charge on any atom is -0.351 e. The van der Waals surface area contributed by atoms with Crippen LogP contribution in [0.15, 0.2) is 67.1 Å².